The zero-order valence-electron chi connectivity index (χ0n) is 12.0. The lowest BCUT2D eigenvalue weighted by atomic mass is 9.84. The molecule has 2 aliphatic rings. The Hall–Kier alpha value is -1.58. The van der Waals surface area contributed by atoms with E-state index in [1.165, 1.54) is 6.42 Å². The van der Waals surface area contributed by atoms with Gasteiger partial charge in [0.25, 0.3) is 0 Å². The molecule has 2 heterocycles. The summed E-state index contributed by atoms with van der Waals surface area (Å²) in [5.74, 6) is 1.51. The molecule has 1 aromatic rings. The number of amides is 1. The number of ether oxygens (including phenoxy) is 1. The molecular weight excluding hydrogens is 252 g/mol. The summed E-state index contributed by atoms with van der Waals surface area (Å²) in [4.78, 5) is 18.4. The van der Waals surface area contributed by atoms with Gasteiger partial charge in [-0.1, -0.05) is 6.42 Å². The standard InChI is InChI=1S/C16H22N2O2/c1-12-5-6-15(11-17-12)20-14-7-9-18(10-8-14)16(19)13-3-2-4-13/h5-6,11,13-14H,2-4,7-10H2,1H3. The van der Waals surface area contributed by atoms with Crippen molar-refractivity contribution in [3.8, 4) is 5.75 Å². The van der Waals surface area contributed by atoms with Crippen LogP contribution in [0.2, 0.25) is 0 Å². The van der Waals surface area contributed by atoms with Gasteiger partial charge in [0.2, 0.25) is 5.91 Å². The molecule has 1 amide bonds. The quantitative estimate of drug-likeness (QED) is 0.850. The topological polar surface area (TPSA) is 42.4 Å². The van der Waals surface area contributed by atoms with Crippen LogP contribution in [-0.2, 0) is 4.79 Å². The van der Waals surface area contributed by atoms with Crippen molar-refractivity contribution in [3.05, 3.63) is 24.0 Å². The van der Waals surface area contributed by atoms with Gasteiger partial charge < -0.3 is 9.64 Å². The van der Waals surface area contributed by atoms with Gasteiger partial charge >= 0.3 is 0 Å². The van der Waals surface area contributed by atoms with Crippen LogP contribution in [0, 0.1) is 12.8 Å². The summed E-state index contributed by atoms with van der Waals surface area (Å²) >= 11 is 0. The molecule has 0 spiro atoms. The normalized spacial score (nSPS) is 20.6. The van der Waals surface area contributed by atoms with Gasteiger partial charge in [0.15, 0.2) is 0 Å². The van der Waals surface area contributed by atoms with E-state index in [1.807, 2.05) is 24.0 Å². The van der Waals surface area contributed by atoms with Gasteiger partial charge in [-0.25, -0.2) is 0 Å². The van der Waals surface area contributed by atoms with Gasteiger partial charge in [-0.15, -0.1) is 0 Å². The van der Waals surface area contributed by atoms with E-state index in [0.29, 0.717) is 11.8 Å². The zero-order chi connectivity index (χ0) is 13.9. The highest BCUT2D eigenvalue weighted by Gasteiger charge is 2.31. The Bertz CT molecular complexity index is 460. The Morgan fingerprint density at radius 1 is 1.25 bits per heavy atom. The predicted molar refractivity (Wildman–Crippen MR) is 76.5 cm³/mol. The van der Waals surface area contributed by atoms with E-state index in [4.69, 9.17) is 4.74 Å². The second-order valence-corrected chi connectivity index (χ2v) is 5.91. The number of pyridine rings is 1. The Morgan fingerprint density at radius 3 is 2.55 bits per heavy atom. The largest absolute Gasteiger partial charge is 0.489 e. The van der Waals surface area contributed by atoms with Crippen molar-refractivity contribution in [2.24, 2.45) is 5.92 Å². The maximum Gasteiger partial charge on any atom is 0.225 e. The van der Waals surface area contributed by atoms with Crippen LogP contribution in [0.5, 0.6) is 5.75 Å². The van der Waals surface area contributed by atoms with E-state index in [1.54, 1.807) is 6.20 Å². The van der Waals surface area contributed by atoms with Crippen LogP contribution in [-0.4, -0.2) is 35.0 Å². The molecule has 1 aliphatic heterocycles. The Balaban J connectivity index is 1.48. The lowest BCUT2D eigenvalue weighted by Gasteiger charge is -2.36. The van der Waals surface area contributed by atoms with E-state index in [-0.39, 0.29) is 6.10 Å². The summed E-state index contributed by atoms with van der Waals surface area (Å²) in [6.45, 7) is 3.63. The van der Waals surface area contributed by atoms with Gasteiger partial charge in [0.05, 0.1) is 6.20 Å². The first-order valence-corrected chi connectivity index (χ1v) is 7.60. The minimum absolute atomic E-state index is 0.213. The highest BCUT2D eigenvalue weighted by molar-refractivity contribution is 5.79. The molecule has 4 nitrogen and oxygen atoms in total. The lowest BCUT2D eigenvalue weighted by Crippen LogP contribution is -2.45. The molecule has 0 aromatic carbocycles. The molecule has 0 bridgehead atoms. The SMILES string of the molecule is Cc1ccc(OC2CCN(C(=O)C3CCC3)CC2)cn1. The number of aryl methyl sites for hydroxylation is 1. The third kappa shape index (κ3) is 2.94. The Morgan fingerprint density at radius 2 is 2.00 bits per heavy atom. The van der Waals surface area contributed by atoms with Crippen LogP contribution >= 0.6 is 0 Å². The summed E-state index contributed by atoms with van der Waals surface area (Å²) in [5.41, 5.74) is 0.998. The summed E-state index contributed by atoms with van der Waals surface area (Å²) in [6, 6.07) is 3.93. The first kappa shape index (κ1) is 13.4. The van der Waals surface area contributed by atoms with Crippen LogP contribution in [0.15, 0.2) is 18.3 Å². The number of likely N-dealkylation sites (tertiary alicyclic amines) is 1. The van der Waals surface area contributed by atoms with Crippen molar-refractivity contribution >= 4 is 5.91 Å². The fourth-order valence-electron chi connectivity index (χ4n) is 2.82. The van der Waals surface area contributed by atoms with Crippen LogP contribution in [0.3, 0.4) is 0 Å². The van der Waals surface area contributed by atoms with Gasteiger partial charge in [-0.3, -0.25) is 9.78 Å². The van der Waals surface area contributed by atoms with Crippen LogP contribution in [0.4, 0.5) is 0 Å². The molecule has 0 atom stereocenters. The monoisotopic (exact) mass is 274 g/mol. The smallest absolute Gasteiger partial charge is 0.225 e. The van der Waals surface area contributed by atoms with E-state index < -0.39 is 0 Å². The second kappa shape index (κ2) is 5.81. The van der Waals surface area contributed by atoms with Gasteiger partial charge in [-0.2, -0.15) is 0 Å². The number of rotatable bonds is 3. The second-order valence-electron chi connectivity index (χ2n) is 5.91. The molecule has 1 saturated heterocycles. The number of carbonyl (C=O) groups is 1. The number of hydrogen-bond donors (Lipinski definition) is 0. The zero-order valence-corrected chi connectivity index (χ0v) is 12.0. The maximum atomic E-state index is 12.2. The highest BCUT2D eigenvalue weighted by Crippen LogP contribution is 2.29. The molecule has 20 heavy (non-hydrogen) atoms. The van der Waals surface area contributed by atoms with E-state index in [2.05, 4.69) is 4.98 Å². The van der Waals surface area contributed by atoms with E-state index in [9.17, 15) is 4.79 Å². The molecule has 0 radical (unpaired) electrons. The van der Waals surface area contributed by atoms with E-state index >= 15 is 0 Å². The summed E-state index contributed by atoms with van der Waals surface area (Å²) in [6.07, 6.45) is 7.23. The summed E-state index contributed by atoms with van der Waals surface area (Å²) < 4.78 is 5.94. The molecule has 3 rings (SSSR count). The minimum atomic E-state index is 0.213. The van der Waals surface area contributed by atoms with Crippen LogP contribution < -0.4 is 4.74 Å². The average Bonchev–Trinajstić information content (AvgIpc) is 2.40. The van der Waals surface area contributed by atoms with Crippen molar-refractivity contribution in [2.75, 3.05) is 13.1 Å². The van der Waals surface area contributed by atoms with Crippen molar-refractivity contribution in [1.82, 2.24) is 9.88 Å². The van der Waals surface area contributed by atoms with Crippen LogP contribution in [0.25, 0.3) is 0 Å². The van der Waals surface area contributed by atoms with Crippen molar-refractivity contribution in [1.29, 1.82) is 0 Å². The van der Waals surface area contributed by atoms with Gasteiger partial charge in [0.1, 0.15) is 11.9 Å². The Labute approximate surface area is 120 Å². The third-order valence-corrected chi connectivity index (χ3v) is 4.40. The van der Waals surface area contributed by atoms with E-state index in [0.717, 1.165) is 50.2 Å². The highest BCUT2D eigenvalue weighted by atomic mass is 16.5. The van der Waals surface area contributed by atoms with Crippen molar-refractivity contribution in [3.63, 3.8) is 0 Å². The third-order valence-electron chi connectivity index (χ3n) is 4.40. The molecule has 4 heteroatoms. The van der Waals surface area contributed by atoms with Crippen molar-refractivity contribution < 1.29 is 9.53 Å². The minimum Gasteiger partial charge on any atom is -0.489 e. The number of carbonyl (C=O) groups excluding carboxylic acids is 1. The fraction of sp³-hybridized carbons (Fsp3) is 0.625. The number of nitrogens with zero attached hydrogens (tertiary/aromatic N) is 2. The molecular formula is C16H22N2O2. The predicted octanol–water partition coefficient (Wildman–Crippen LogP) is 2.56. The summed E-state index contributed by atoms with van der Waals surface area (Å²) in [7, 11) is 0. The van der Waals surface area contributed by atoms with Crippen molar-refractivity contribution in [2.45, 2.75) is 45.1 Å². The van der Waals surface area contributed by atoms with Gasteiger partial charge in [-0.05, 0) is 31.9 Å². The average molecular weight is 274 g/mol. The number of piperidine rings is 1. The molecule has 1 aromatic heterocycles. The first-order valence-electron chi connectivity index (χ1n) is 7.60. The summed E-state index contributed by atoms with van der Waals surface area (Å²) in [5, 5.41) is 0. The lowest BCUT2D eigenvalue weighted by molar-refractivity contribution is -0.140. The molecule has 108 valence electrons. The van der Waals surface area contributed by atoms with Crippen LogP contribution in [0.1, 0.15) is 37.8 Å². The molecule has 1 saturated carbocycles. The fourth-order valence-corrected chi connectivity index (χ4v) is 2.82. The number of hydrogen-bond acceptors (Lipinski definition) is 3. The Kier molecular flexibility index (Phi) is 3.90. The maximum absolute atomic E-state index is 12.2. The molecule has 2 fully saturated rings. The molecule has 1 aliphatic carbocycles. The number of aromatic nitrogens is 1. The van der Waals surface area contributed by atoms with Gasteiger partial charge in [0, 0.05) is 37.5 Å². The molecule has 0 N–H and O–H groups in total. The first-order chi connectivity index (χ1) is 9.72. The molecule has 0 unspecified atom stereocenters.